The van der Waals surface area contributed by atoms with E-state index in [-0.39, 0.29) is 17.6 Å². The number of nitrogens with two attached hydrogens (primary N) is 1. The number of rotatable bonds is 4. The summed E-state index contributed by atoms with van der Waals surface area (Å²) in [6.07, 6.45) is 0. The second-order valence-electron chi connectivity index (χ2n) is 4.05. The van der Waals surface area contributed by atoms with Crippen LogP contribution in [0, 0.1) is 0 Å². The smallest absolute Gasteiger partial charge is 0.224 e. The van der Waals surface area contributed by atoms with Crippen LogP contribution in [0.25, 0.3) is 0 Å². The Labute approximate surface area is 109 Å². The average Bonchev–Trinajstić information content (AvgIpc) is 2.91. The van der Waals surface area contributed by atoms with Gasteiger partial charge in [-0.2, -0.15) is 0 Å². The molecule has 1 aromatic heterocycles. The maximum absolute atomic E-state index is 12.0. The van der Waals surface area contributed by atoms with Gasteiger partial charge in [0.2, 0.25) is 11.7 Å². The number of primary amides is 1. The molecule has 0 bridgehead atoms. The number of amides is 1. The van der Waals surface area contributed by atoms with Crippen molar-refractivity contribution in [2.24, 2.45) is 5.73 Å². The van der Waals surface area contributed by atoms with Crippen LogP contribution in [0.5, 0.6) is 0 Å². The third-order valence-corrected chi connectivity index (χ3v) is 3.71. The van der Waals surface area contributed by atoms with Gasteiger partial charge in [-0.15, -0.1) is 11.3 Å². The number of thiophene rings is 1. The molecule has 0 saturated heterocycles. The van der Waals surface area contributed by atoms with Gasteiger partial charge in [0.15, 0.2) is 0 Å². The summed E-state index contributed by atoms with van der Waals surface area (Å²) < 4.78 is 0. The van der Waals surface area contributed by atoms with Gasteiger partial charge >= 0.3 is 0 Å². The standard InChI is InChI=1S/C14H13NO2S/c1-9(14(15)17)10-4-6-11(7-5-10)13(16)12-3-2-8-18-12/h2-9H,1H3,(H2,15,17). The first kappa shape index (κ1) is 12.5. The highest BCUT2D eigenvalue weighted by Crippen LogP contribution is 2.19. The monoisotopic (exact) mass is 259 g/mol. The molecule has 2 N–H and O–H groups in total. The molecule has 0 fully saturated rings. The summed E-state index contributed by atoms with van der Waals surface area (Å²) in [7, 11) is 0. The Hall–Kier alpha value is -1.94. The third kappa shape index (κ3) is 2.49. The topological polar surface area (TPSA) is 60.2 Å². The molecule has 3 nitrogen and oxygen atoms in total. The average molecular weight is 259 g/mol. The van der Waals surface area contributed by atoms with Gasteiger partial charge in [0, 0.05) is 5.56 Å². The first-order valence-corrected chi connectivity index (χ1v) is 6.45. The Bertz CT molecular complexity index is 558. The molecule has 0 radical (unpaired) electrons. The summed E-state index contributed by atoms with van der Waals surface area (Å²) in [6, 6.07) is 10.7. The van der Waals surface area contributed by atoms with E-state index < -0.39 is 0 Å². The lowest BCUT2D eigenvalue weighted by Gasteiger charge is -2.07. The molecule has 0 saturated carbocycles. The molecule has 2 aromatic rings. The van der Waals surface area contributed by atoms with E-state index in [9.17, 15) is 9.59 Å². The zero-order valence-electron chi connectivity index (χ0n) is 9.92. The van der Waals surface area contributed by atoms with E-state index in [4.69, 9.17) is 5.73 Å². The molecule has 0 aliphatic carbocycles. The highest BCUT2D eigenvalue weighted by molar-refractivity contribution is 7.12. The van der Waals surface area contributed by atoms with Gasteiger partial charge in [0.05, 0.1) is 10.8 Å². The van der Waals surface area contributed by atoms with Crippen LogP contribution in [-0.4, -0.2) is 11.7 Å². The molecule has 92 valence electrons. The number of hydrogen-bond acceptors (Lipinski definition) is 3. The van der Waals surface area contributed by atoms with Crippen molar-refractivity contribution in [3.63, 3.8) is 0 Å². The molecule has 2 rings (SSSR count). The van der Waals surface area contributed by atoms with Gasteiger partial charge in [-0.3, -0.25) is 9.59 Å². The van der Waals surface area contributed by atoms with Crippen LogP contribution in [0.15, 0.2) is 41.8 Å². The summed E-state index contributed by atoms with van der Waals surface area (Å²) in [4.78, 5) is 23.8. The minimum absolute atomic E-state index is 0.00304. The number of hydrogen-bond donors (Lipinski definition) is 1. The van der Waals surface area contributed by atoms with Gasteiger partial charge in [-0.25, -0.2) is 0 Å². The van der Waals surface area contributed by atoms with Crippen LogP contribution in [-0.2, 0) is 4.79 Å². The summed E-state index contributed by atoms with van der Waals surface area (Å²) in [6.45, 7) is 1.75. The van der Waals surface area contributed by atoms with Gasteiger partial charge < -0.3 is 5.73 Å². The number of carbonyl (C=O) groups excluding carboxylic acids is 2. The molecule has 1 heterocycles. The van der Waals surface area contributed by atoms with Crippen LogP contribution in [0.1, 0.15) is 33.6 Å². The Kier molecular flexibility index (Phi) is 3.58. The van der Waals surface area contributed by atoms with E-state index in [0.717, 1.165) is 5.56 Å². The molecule has 0 aliphatic heterocycles. The van der Waals surface area contributed by atoms with Crippen LogP contribution in [0.3, 0.4) is 0 Å². The lowest BCUT2D eigenvalue weighted by atomic mass is 9.98. The number of benzene rings is 1. The van der Waals surface area contributed by atoms with Gasteiger partial charge in [-0.1, -0.05) is 30.3 Å². The van der Waals surface area contributed by atoms with Crippen molar-refractivity contribution in [3.05, 3.63) is 57.8 Å². The number of carbonyl (C=O) groups is 2. The molecule has 1 aromatic carbocycles. The summed E-state index contributed by atoms with van der Waals surface area (Å²) in [5.41, 5.74) is 6.69. The minimum Gasteiger partial charge on any atom is -0.369 e. The molecule has 0 spiro atoms. The first-order valence-electron chi connectivity index (χ1n) is 5.57. The second-order valence-corrected chi connectivity index (χ2v) is 5.00. The predicted octanol–water partition coefficient (Wildman–Crippen LogP) is 2.57. The lowest BCUT2D eigenvalue weighted by Crippen LogP contribution is -2.18. The Morgan fingerprint density at radius 2 is 1.83 bits per heavy atom. The van der Waals surface area contributed by atoms with Crippen molar-refractivity contribution in [1.82, 2.24) is 0 Å². The third-order valence-electron chi connectivity index (χ3n) is 2.84. The predicted molar refractivity (Wildman–Crippen MR) is 71.8 cm³/mol. The van der Waals surface area contributed by atoms with Crippen molar-refractivity contribution in [3.8, 4) is 0 Å². The van der Waals surface area contributed by atoms with Crippen LogP contribution >= 0.6 is 11.3 Å². The number of ketones is 1. The largest absolute Gasteiger partial charge is 0.369 e. The van der Waals surface area contributed by atoms with E-state index in [2.05, 4.69) is 0 Å². The second kappa shape index (κ2) is 5.14. The fourth-order valence-electron chi connectivity index (χ4n) is 1.64. The van der Waals surface area contributed by atoms with Crippen molar-refractivity contribution in [1.29, 1.82) is 0 Å². The molecule has 18 heavy (non-hydrogen) atoms. The normalized spacial score (nSPS) is 12.1. The van der Waals surface area contributed by atoms with E-state index in [1.165, 1.54) is 11.3 Å². The van der Waals surface area contributed by atoms with Crippen molar-refractivity contribution in [2.45, 2.75) is 12.8 Å². The fourth-order valence-corrected chi connectivity index (χ4v) is 2.32. The summed E-state index contributed by atoms with van der Waals surface area (Å²) in [5.74, 6) is -0.702. The molecule has 0 aliphatic rings. The van der Waals surface area contributed by atoms with Gasteiger partial charge in [0.25, 0.3) is 0 Å². The van der Waals surface area contributed by atoms with Gasteiger partial charge in [0.1, 0.15) is 0 Å². The summed E-state index contributed by atoms with van der Waals surface area (Å²) in [5, 5.41) is 1.87. The van der Waals surface area contributed by atoms with Gasteiger partial charge in [-0.05, 0) is 23.9 Å². The highest BCUT2D eigenvalue weighted by atomic mass is 32.1. The van der Waals surface area contributed by atoms with Crippen molar-refractivity contribution in [2.75, 3.05) is 0 Å². The lowest BCUT2D eigenvalue weighted by molar-refractivity contribution is -0.119. The van der Waals surface area contributed by atoms with Crippen LogP contribution < -0.4 is 5.73 Å². The van der Waals surface area contributed by atoms with Crippen LogP contribution in [0.4, 0.5) is 0 Å². The molecule has 4 heteroatoms. The molecule has 1 atom stereocenters. The zero-order valence-corrected chi connectivity index (χ0v) is 10.7. The SMILES string of the molecule is CC(C(N)=O)c1ccc(C(=O)c2cccs2)cc1. The Balaban J connectivity index is 2.23. The maximum Gasteiger partial charge on any atom is 0.224 e. The fraction of sp³-hybridized carbons (Fsp3) is 0.143. The first-order chi connectivity index (χ1) is 8.59. The van der Waals surface area contributed by atoms with Crippen molar-refractivity contribution >= 4 is 23.0 Å². The van der Waals surface area contributed by atoms with E-state index in [1.54, 1.807) is 37.3 Å². The van der Waals surface area contributed by atoms with E-state index in [1.807, 2.05) is 11.4 Å². The maximum atomic E-state index is 12.0. The molecule has 1 unspecified atom stereocenters. The molecular formula is C14H13NO2S. The minimum atomic E-state index is -0.368. The van der Waals surface area contributed by atoms with E-state index in [0.29, 0.717) is 10.4 Å². The van der Waals surface area contributed by atoms with E-state index >= 15 is 0 Å². The Morgan fingerprint density at radius 3 is 2.33 bits per heavy atom. The molecular weight excluding hydrogens is 246 g/mol. The molecule has 1 amide bonds. The van der Waals surface area contributed by atoms with Crippen molar-refractivity contribution < 1.29 is 9.59 Å². The Morgan fingerprint density at radius 1 is 1.17 bits per heavy atom. The van der Waals surface area contributed by atoms with Crippen LogP contribution in [0.2, 0.25) is 0 Å². The quantitative estimate of drug-likeness (QED) is 0.858. The summed E-state index contributed by atoms with van der Waals surface area (Å²) >= 11 is 1.42. The zero-order chi connectivity index (χ0) is 13.1. The highest BCUT2D eigenvalue weighted by Gasteiger charge is 2.13.